The summed E-state index contributed by atoms with van der Waals surface area (Å²) in [5.41, 5.74) is 4.99. The zero-order valence-electron chi connectivity index (χ0n) is 14.2. The predicted octanol–water partition coefficient (Wildman–Crippen LogP) is 1.12. The summed E-state index contributed by atoms with van der Waals surface area (Å²) in [7, 11) is -3.62. The second-order valence-electron chi connectivity index (χ2n) is 6.77. The third-order valence-corrected chi connectivity index (χ3v) is 6.05. The molecule has 25 heavy (non-hydrogen) atoms. The summed E-state index contributed by atoms with van der Waals surface area (Å²) >= 11 is 0. The van der Waals surface area contributed by atoms with E-state index in [1.54, 1.807) is 6.20 Å². The van der Waals surface area contributed by atoms with Crippen LogP contribution in [0.15, 0.2) is 18.3 Å². The van der Waals surface area contributed by atoms with Crippen molar-refractivity contribution in [2.45, 2.75) is 26.8 Å². The van der Waals surface area contributed by atoms with E-state index in [9.17, 15) is 8.42 Å². The molecule has 0 amide bonds. The van der Waals surface area contributed by atoms with Gasteiger partial charge < -0.3 is 0 Å². The Kier molecular flexibility index (Phi) is 3.75. The van der Waals surface area contributed by atoms with E-state index in [4.69, 9.17) is 5.14 Å². The van der Waals surface area contributed by atoms with Gasteiger partial charge in [-0.3, -0.25) is 4.98 Å². The van der Waals surface area contributed by atoms with Crippen LogP contribution in [0.25, 0.3) is 21.9 Å². The molecular formula is C16H20N6O2S. The van der Waals surface area contributed by atoms with Crippen LogP contribution in [-0.2, 0) is 16.8 Å². The van der Waals surface area contributed by atoms with Gasteiger partial charge in [0.2, 0.25) is 0 Å². The van der Waals surface area contributed by atoms with Gasteiger partial charge in [0, 0.05) is 25.0 Å². The summed E-state index contributed by atoms with van der Waals surface area (Å²) in [6.45, 7) is 5.62. The summed E-state index contributed by atoms with van der Waals surface area (Å²) in [4.78, 5) is 4.48. The van der Waals surface area contributed by atoms with E-state index in [0.29, 0.717) is 19.6 Å². The quantitative estimate of drug-likeness (QED) is 0.753. The second kappa shape index (κ2) is 5.72. The minimum absolute atomic E-state index is 0.165. The van der Waals surface area contributed by atoms with E-state index in [2.05, 4.69) is 41.3 Å². The van der Waals surface area contributed by atoms with Gasteiger partial charge >= 0.3 is 0 Å². The van der Waals surface area contributed by atoms with Crippen LogP contribution in [0.3, 0.4) is 0 Å². The van der Waals surface area contributed by atoms with E-state index in [0.717, 1.165) is 28.4 Å². The summed E-state index contributed by atoms with van der Waals surface area (Å²) in [5.74, 6) is 0.165. The van der Waals surface area contributed by atoms with Crippen LogP contribution in [0.5, 0.6) is 0 Å². The number of hydrogen-bond acceptors (Lipinski definition) is 5. The number of aryl methyl sites for hydroxylation is 2. The number of aromatic nitrogens is 4. The lowest BCUT2D eigenvalue weighted by atomic mass is 10.0. The van der Waals surface area contributed by atoms with E-state index in [1.165, 1.54) is 15.4 Å². The first kappa shape index (κ1) is 16.4. The SMILES string of the molecule is Cc1cc2ncc3nnn(CC4CCN(S(N)(=O)=O)C4)c3c2cc1C. The number of nitrogens with zero attached hydrogens (tertiary/aromatic N) is 5. The monoisotopic (exact) mass is 360 g/mol. The van der Waals surface area contributed by atoms with Gasteiger partial charge in [-0.25, -0.2) is 9.82 Å². The van der Waals surface area contributed by atoms with Crippen molar-refractivity contribution >= 4 is 32.1 Å². The zero-order chi connectivity index (χ0) is 17.8. The molecule has 1 aliphatic heterocycles. The lowest BCUT2D eigenvalue weighted by molar-refractivity contribution is 0.415. The number of nitrogens with two attached hydrogens (primary N) is 1. The Morgan fingerprint density at radius 2 is 2.00 bits per heavy atom. The van der Waals surface area contributed by atoms with Crippen molar-refractivity contribution in [3.8, 4) is 0 Å². The first-order valence-corrected chi connectivity index (χ1v) is 9.70. The minimum Gasteiger partial charge on any atom is -0.254 e. The molecule has 0 radical (unpaired) electrons. The molecule has 2 aromatic heterocycles. The molecule has 1 saturated heterocycles. The Bertz CT molecular complexity index is 1080. The van der Waals surface area contributed by atoms with Gasteiger partial charge in [-0.15, -0.1) is 5.10 Å². The largest absolute Gasteiger partial charge is 0.276 e. The summed E-state index contributed by atoms with van der Waals surface area (Å²) in [6.07, 6.45) is 2.50. The highest BCUT2D eigenvalue weighted by Gasteiger charge is 2.30. The van der Waals surface area contributed by atoms with Crippen molar-refractivity contribution in [1.29, 1.82) is 0 Å². The third kappa shape index (κ3) is 2.88. The minimum atomic E-state index is -3.62. The van der Waals surface area contributed by atoms with Crippen molar-refractivity contribution < 1.29 is 8.42 Å². The molecule has 0 spiro atoms. The van der Waals surface area contributed by atoms with Crippen molar-refractivity contribution in [3.05, 3.63) is 29.5 Å². The lowest BCUT2D eigenvalue weighted by Gasteiger charge is -2.13. The molecular weight excluding hydrogens is 340 g/mol. The first-order chi connectivity index (χ1) is 11.8. The summed E-state index contributed by atoms with van der Waals surface area (Å²) < 4.78 is 26.2. The van der Waals surface area contributed by atoms with Crippen LogP contribution in [0, 0.1) is 19.8 Å². The highest BCUT2D eigenvalue weighted by atomic mass is 32.2. The van der Waals surface area contributed by atoms with Crippen LogP contribution in [-0.4, -0.2) is 45.8 Å². The van der Waals surface area contributed by atoms with Gasteiger partial charge in [-0.2, -0.15) is 12.7 Å². The summed E-state index contributed by atoms with van der Waals surface area (Å²) in [6, 6.07) is 4.19. The Balaban J connectivity index is 1.73. The molecule has 2 N–H and O–H groups in total. The Labute approximate surface area is 145 Å². The van der Waals surface area contributed by atoms with E-state index in [-0.39, 0.29) is 5.92 Å². The maximum Gasteiger partial charge on any atom is 0.276 e. The fourth-order valence-corrected chi connectivity index (χ4v) is 4.25. The topological polar surface area (TPSA) is 107 Å². The number of benzene rings is 1. The fourth-order valence-electron chi connectivity index (χ4n) is 3.47. The van der Waals surface area contributed by atoms with Gasteiger partial charge in [0.05, 0.1) is 17.2 Å². The Morgan fingerprint density at radius 1 is 1.24 bits per heavy atom. The smallest absolute Gasteiger partial charge is 0.254 e. The molecule has 0 bridgehead atoms. The molecule has 1 aromatic carbocycles. The predicted molar refractivity (Wildman–Crippen MR) is 95.1 cm³/mol. The van der Waals surface area contributed by atoms with Crippen molar-refractivity contribution in [1.82, 2.24) is 24.3 Å². The van der Waals surface area contributed by atoms with Crippen LogP contribution in [0.2, 0.25) is 0 Å². The molecule has 4 rings (SSSR count). The number of rotatable bonds is 3. The molecule has 0 aliphatic carbocycles. The average Bonchev–Trinajstić information content (AvgIpc) is 3.16. The fraction of sp³-hybridized carbons (Fsp3) is 0.438. The first-order valence-electron chi connectivity index (χ1n) is 8.20. The van der Waals surface area contributed by atoms with Gasteiger partial charge in [0.1, 0.15) is 5.52 Å². The summed E-state index contributed by atoms with van der Waals surface area (Å²) in [5, 5.41) is 14.7. The molecule has 3 aromatic rings. The molecule has 8 nitrogen and oxygen atoms in total. The second-order valence-corrected chi connectivity index (χ2v) is 8.32. The standard InChI is InChI=1S/C16H20N6O2S/c1-10-5-13-14(6-11(10)2)18-7-15-16(13)22(20-19-15)9-12-3-4-21(8-12)25(17,23)24/h5-7,12H,3-4,8-9H2,1-2H3,(H2,17,23,24). The highest BCUT2D eigenvalue weighted by Crippen LogP contribution is 2.27. The molecule has 1 atom stereocenters. The van der Waals surface area contributed by atoms with E-state index in [1.807, 2.05) is 4.68 Å². The molecule has 1 aliphatic rings. The average molecular weight is 360 g/mol. The highest BCUT2D eigenvalue weighted by molar-refractivity contribution is 7.86. The van der Waals surface area contributed by atoms with Gasteiger partial charge in [0.25, 0.3) is 10.2 Å². The number of fused-ring (bicyclic) bond motifs is 3. The van der Waals surface area contributed by atoms with Gasteiger partial charge in [-0.05, 0) is 49.4 Å². The van der Waals surface area contributed by atoms with E-state index < -0.39 is 10.2 Å². The third-order valence-electron chi connectivity index (χ3n) is 4.99. The van der Waals surface area contributed by atoms with Crippen molar-refractivity contribution in [2.75, 3.05) is 13.1 Å². The number of pyridine rings is 1. The van der Waals surface area contributed by atoms with Crippen LogP contribution < -0.4 is 5.14 Å². The van der Waals surface area contributed by atoms with Crippen LogP contribution in [0.4, 0.5) is 0 Å². The van der Waals surface area contributed by atoms with E-state index >= 15 is 0 Å². The number of hydrogen-bond donors (Lipinski definition) is 1. The normalized spacial score (nSPS) is 19.2. The molecule has 1 unspecified atom stereocenters. The maximum absolute atomic E-state index is 11.5. The van der Waals surface area contributed by atoms with Gasteiger partial charge in [0.15, 0.2) is 0 Å². The molecule has 9 heteroatoms. The zero-order valence-corrected chi connectivity index (χ0v) is 15.0. The Hall–Kier alpha value is -2.10. The molecule has 132 valence electrons. The van der Waals surface area contributed by atoms with Crippen LogP contribution in [0.1, 0.15) is 17.5 Å². The maximum atomic E-state index is 11.5. The van der Waals surface area contributed by atoms with Crippen molar-refractivity contribution in [2.24, 2.45) is 11.1 Å². The van der Waals surface area contributed by atoms with Gasteiger partial charge in [-0.1, -0.05) is 5.21 Å². The molecule has 3 heterocycles. The molecule has 0 saturated carbocycles. The van der Waals surface area contributed by atoms with Crippen LogP contribution >= 0.6 is 0 Å². The Morgan fingerprint density at radius 3 is 2.72 bits per heavy atom. The van der Waals surface area contributed by atoms with Crippen molar-refractivity contribution in [3.63, 3.8) is 0 Å². The lowest BCUT2D eigenvalue weighted by Crippen LogP contribution is -2.35. The molecule has 1 fully saturated rings.